The van der Waals surface area contributed by atoms with Gasteiger partial charge in [0.25, 0.3) is 5.92 Å². The molecular formula is C18H14F2O. The molecule has 0 saturated heterocycles. The van der Waals surface area contributed by atoms with Crippen molar-refractivity contribution in [3.8, 4) is 11.8 Å². The van der Waals surface area contributed by atoms with Crippen LogP contribution in [0.25, 0.3) is 0 Å². The van der Waals surface area contributed by atoms with Crippen molar-refractivity contribution >= 4 is 5.78 Å². The number of alkyl halides is 2. The number of ketones is 1. The van der Waals surface area contributed by atoms with E-state index in [0.717, 1.165) is 0 Å². The summed E-state index contributed by atoms with van der Waals surface area (Å²) in [5.74, 6) is 1.44. The van der Waals surface area contributed by atoms with E-state index < -0.39 is 24.5 Å². The summed E-state index contributed by atoms with van der Waals surface area (Å²) < 4.78 is 27.5. The minimum absolute atomic E-state index is 0.299. The topological polar surface area (TPSA) is 17.1 Å². The Kier molecular flexibility index (Phi) is 4.84. The lowest BCUT2D eigenvalue weighted by atomic mass is 10.0. The summed E-state index contributed by atoms with van der Waals surface area (Å²) >= 11 is 0. The number of rotatable bonds is 4. The summed E-state index contributed by atoms with van der Waals surface area (Å²) in [5, 5.41) is 0. The molecule has 0 aliphatic heterocycles. The lowest BCUT2D eigenvalue weighted by Crippen LogP contribution is -2.20. The van der Waals surface area contributed by atoms with Crippen LogP contribution < -0.4 is 0 Å². The molecular weight excluding hydrogens is 270 g/mol. The fourth-order valence-corrected chi connectivity index (χ4v) is 1.82. The summed E-state index contributed by atoms with van der Waals surface area (Å²) in [6.45, 7) is 0. The average Bonchev–Trinajstić information content (AvgIpc) is 2.48. The van der Waals surface area contributed by atoms with E-state index in [1.54, 1.807) is 42.5 Å². The molecule has 0 aliphatic carbocycles. The van der Waals surface area contributed by atoms with Gasteiger partial charge >= 0.3 is 0 Å². The molecule has 0 saturated carbocycles. The highest BCUT2D eigenvalue weighted by molar-refractivity contribution is 5.96. The van der Waals surface area contributed by atoms with Gasteiger partial charge in [0, 0.05) is 11.1 Å². The molecule has 0 amide bonds. The van der Waals surface area contributed by atoms with E-state index in [0.29, 0.717) is 11.1 Å². The summed E-state index contributed by atoms with van der Waals surface area (Å²) in [7, 11) is 0. The Balaban J connectivity index is 1.96. The minimum Gasteiger partial charge on any atom is -0.294 e. The lowest BCUT2D eigenvalue weighted by molar-refractivity contribution is 0.00228. The van der Waals surface area contributed by atoms with Crippen LogP contribution in [0.2, 0.25) is 0 Å². The molecule has 0 heterocycles. The zero-order valence-electron chi connectivity index (χ0n) is 11.4. The quantitative estimate of drug-likeness (QED) is 0.603. The van der Waals surface area contributed by atoms with E-state index in [4.69, 9.17) is 0 Å². The first kappa shape index (κ1) is 14.9. The van der Waals surface area contributed by atoms with Crippen LogP contribution in [-0.4, -0.2) is 11.7 Å². The van der Waals surface area contributed by atoms with Gasteiger partial charge in [0.15, 0.2) is 5.78 Å². The van der Waals surface area contributed by atoms with Gasteiger partial charge < -0.3 is 0 Å². The third-order valence-corrected chi connectivity index (χ3v) is 2.87. The molecule has 2 rings (SSSR count). The Hall–Kier alpha value is -2.47. The van der Waals surface area contributed by atoms with Gasteiger partial charge in [-0.25, -0.2) is 8.78 Å². The second-order valence-electron chi connectivity index (χ2n) is 4.67. The Morgan fingerprint density at radius 2 is 1.52 bits per heavy atom. The fourth-order valence-electron chi connectivity index (χ4n) is 1.82. The van der Waals surface area contributed by atoms with E-state index in [1.165, 1.54) is 12.1 Å². The molecule has 0 aliphatic rings. The maximum Gasteiger partial charge on any atom is 0.266 e. The zero-order valence-corrected chi connectivity index (χ0v) is 11.4. The number of benzene rings is 2. The van der Waals surface area contributed by atoms with Crippen LogP contribution in [0, 0.1) is 11.8 Å². The molecule has 0 aromatic heterocycles. The van der Waals surface area contributed by atoms with Gasteiger partial charge in [-0.05, 0) is 12.1 Å². The average molecular weight is 284 g/mol. The largest absolute Gasteiger partial charge is 0.294 e. The van der Waals surface area contributed by atoms with Crippen molar-refractivity contribution in [3.05, 3.63) is 71.8 Å². The third kappa shape index (κ3) is 4.85. The van der Waals surface area contributed by atoms with Crippen molar-refractivity contribution in [3.63, 3.8) is 0 Å². The highest BCUT2D eigenvalue weighted by Gasteiger charge is 2.31. The SMILES string of the molecule is O=C(CC(F)(F)CC#Cc1ccccc1)c1ccccc1. The molecule has 3 heteroatoms. The van der Waals surface area contributed by atoms with Crippen molar-refractivity contribution in [2.75, 3.05) is 0 Å². The van der Waals surface area contributed by atoms with Crippen molar-refractivity contribution < 1.29 is 13.6 Å². The molecule has 2 aromatic carbocycles. The van der Waals surface area contributed by atoms with Crippen LogP contribution in [0.1, 0.15) is 28.8 Å². The Bertz CT molecular complexity index is 652. The summed E-state index contributed by atoms with van der Waals surface area (Å²) in [6.07, 6.45) is -1.44. The van der Waals surface area contributed by atoms with Crippen molar-refractivity contribution in [1.82, 2.24) is 0 Å². The molecule has 0 fully saturated rings. The lowest BCUT2D eigenvalue weighted by Gasteiger charge is -2.12. The smallest absolute Gasteiger partial charge is 0.266 e. The molecule has 0 atom stereocenters. The Morgan fingerprint density at radius 1 is 0.952 bits per heavy atom. The van der Waals surface area contributed by atoms with Gasteiger partial charge in [0.05, 0.1) is 12.8 Å². The van der Waals surface area contributed by atoms with Crippen molar-refractivity contribution in [2.45, 2.75) is 18.8 Å². The predicted octanol–water partition coefficient (Wildman–Crippen LogP) is 4.34. The number of carbonyl (C=O) groups excluding carboxylic acids is 1. The van der Waals surface area contributed by atoms with Crippen LogP contribution in [-0.2, 0) is 0 Å². The number of halogens is 2. The van der Waals surface area contributed by atoms with Crippen LogP contribution in [0.3, 0.4) is 0 Å². The molecule has 21 heavy (non-hydrogen) atoms. The second kappa shape index (κ2) is 6.81. The molecule has 106 valence electrons. The van der Waals surface area contributed by atoms with Crippen molar-refractivity contribution in [2.24, 2.45) is 0 Å². The molecule has 1 nitrogen and oxygen atoms in total. The highest BCUT2D eigenvalue weighted by Crippen LogP contribution is 2.24. The van der Waals surface area contributed by atoms with E-state index in [2.05, 4.69) is 11.8 Å². The normalized spacial score (nSPS) is 10.6. The van der Waals surface area contributed by atoms with Gasteiger partial charge in [0.1, 0.15) is 0 Å². The van der Waals surface area contributed by atoms with E-state index in [1.807, 2.05) is 6.07 Å². The van der Waals surface area contributed by atoms with Crippen LogP contribution in [0.15, 0.2) is 60.7 Å². The molecule has 2 aromatic rings. The van der Waals surface area contributed by atoms with E-state index in [9.17, 15) is 13.6 Å². The van der Waals surface area contributed by atoms with Crippen molar-refractivity contribution in [1.29, 1.82) is 0 Å². The van der Waals surface area contributed by atoms with E-state index >= 15 is 0 Å². The summed E-state index contributed by atoms with van der Waals surface area (Å²) in [5.41, 5.74) is 0.982. The molecule has 0 N–H and O–H groups in total. The monoisotopic (exact) mass is 284 g/mol. The molecule has 0 bridgehead atoms. The third-order valence-electron chi connectivity index (χ3n) is 2.87. The maximum atomic E-state index is 13.7. The van der Waals surface area contributed by atoms with Crippen LogP contribution >= 0.6 is 0 Å². The predicted molar refractivity (Wildman–Crippen MR) is 78.3 cm³/mol. The minimum atomic E-state index is -3.12. The highest BCUT2D eigenvalue weighted by atomic mass is 19.3. The van der Waals surface area contributed by atoms with Gasteiger partial charge in [0.2, 0.25) is 0 Å². The van der Waals surface area contributed by atoms with Gasteiger partial charge in [-0.2, -0.15) is 0 Å². The van der Waals surface area contributed by atoms with Crippen LogP contribution in [0.5, 0.6) is 0 Å². The Labute approximate surface area is 122 Å². The molecule has 0 spiro atoms. The standard InChI is InChI=1S/C18H14F2O/c19-18(20,13-7-10-15-8-3-1-4-9-15)14-17(21)16-11-5-2-6-12-16/h1-6,8-9,11-12H,13-14H2. The van der Waals surface area contributed by atoms with Crippen LogP contribution in [0.4, 0.5) is 8.78 Å². The fraction of sp³-hybridized carbons (Fsp3) is 0.167. The second-order valence-corrected chi connectivity index (χ2v) is 4.67. The van der Waals surface area contributed by atoms with Gasteiger partial charge in [-0.15, -0.1) is 0 Å². The summed E-state index contributed by atoms with van der Waals surface area (Å²) in [4.78, 5) is 11.8. The number of hydrogen-bond acceptors (Lipinski definition) is 1. The Morgan fingerprint density at radius 3 is 2.14 bits per heavy atom. The molecule has 0 radical (unpaired) electrons. The van der Waals surface area contributed by atoms with E-state index in [-0.39, 0.29) is 0 Å². The number of hydrogen-bond donors (Lipinski definition) is 0. The van der Waals surface area contributed by atoms with Gasteiger partial charge in [-0.1, -0.05) is 60.4 Å². The summed E-state index contributed by atoms with van der Waals surface area (Å²) in [6, 6.07) is 17.0. The maximum absolute atomic E-state index is 13.7. The number of carbonyl (C=O) groups is 1. The molecule has 0 unspecified atom stereocenters. The van der Waals surface area contributed by atoms with Gasteiger partial charge in [-0.3, -0.25) is 4.79 Å². The first-order valence-corrected chi connectivity index (χ1v) is 6.57. The number of Topliss-reactive ketones (excluding diaryl/α,β-unsaturated/α-hetero) is 1. The zero-order chi connectivity index (χ0) is 15.1. The first-order valence-electron chi connectivity index (χ1n) is 6.57. The first-order chi connectivity index (χ1) is 10.1.